The largest absolute Gasteiger partial charge is 0.395 e. The molecule has 1 aromatic carbocycles. The molecule has 0 fully saturated rings. The minimum atomic E-state index is -0.199. The number of benzene rings is 1. The van der Waals surface area contributed by atoms with Crippen LogP contribution in [0.4, 0.5) is 0 Å². The smallest absolute Gasteiger partial charge is 0.0537 e. The van der Waals surface area contributed by atoms with Crippen LogP contribution in [0.5, 0.6) is 0 Å². The number of hydrogen-bond acceptors (Lipinski definition) is 2. The van der Waals surface area contributed by atoms with Gasteiger partial charge in [-0.25, -0.2) is 0 Å². The molecule has 14 heavy (non-hydrogen) atoms. The van der Waals surface area contributed by atoms with Crippen LogP contribution in [0, 0.1) is 0 Å². The summed E-state index contributed by atoms with van der Waals surface area (Å²) in [6, 6.07) is 8.08. The van der Waals surface area contributed by atoms with Gasteiger partial charge in [-0.1, -0.05) is 35.0 Å². The van der Waals surface area contributed by atoms with E-state index in [2.05, 4.69) is 21.2 Å². The molecule has 1 rings (SSSR count). The Bertz CT molecular complexity index is 286. The first-order valence-corrected chi connectivity index (χ1v) is 5.43. The SMILES string of the molecule is CNCC(C)(CO)c1ccc(Br)cc1. The van der Waals surface area contributed by atoms with Crippen LogP contribution in [-0.2, 0) is 5.41 Å². The second-order valence-corrected chi connectivity index (χ2v) is 4.67. The lowest BCUT2D eigenvalue weighted by Crippen LogP contribution is -2.37. The van der Waals surface area contributed by atoms with Gasteiger partial charge in [-0.05, 0) is 24.7 Å². The second-order valence-electron chi connectivity index (χ2n) is 3.76. The Kier molecular flexibility index (Phi) is 4.11. The van der Waals surface area contributed by atoms with Gasteiger partial charge in [0.15, 0.2) is 0 Å². The van der Waals surface area contributed by atoms with Crippen LogP contribution in [-0.4, -0.2) is 25.3 Å². The molecule has 78 valence electrons. The van der Waals surface area contributed by atoms with Crippen LogP contribution in [0.1, 0.15) is 12.5 Å². The van der Waals surface area contributed by atoms with E-state index in [0.29, 0.717) is 0 Å². The number of nitrogens with one attached hydrogen (secondary N) is 1. The molecular formula is C11H16BrNO. The standard InChI is InChI=1S/C11H16BrNO/c1-11(8-14,7-13-2)9-3-5-10(12)6-4-9/h3-6,13-14H,7-8H2,1-2H3. The van der Waals surface area contributed by atoms with Crippen LogP contribution < -0.4 is 5.32 Å². The maximum atomic E-state index is 9.39. The van der Waals surface area contributed by atoms with Crippen LogP contribution in [0.25, 0.3) is 0 Å². The summed E-state index contributed by atoms with van der Waals surface area (Å²) >= 11 is 3.39. The van der Waals surface area contributed by atoms with Crippen LogP contribution >= 0.6 is 15.9 Å². The Morgan fingerprint density at radius 2 is 1.93 bits per heavy atom. The van der Waals surface area contributed by atoms with Crippen molar-refractivity contribution < 1.29 is 5.11 Å². The van der Waals surface area contributed by atoms with Crippen LogP contribution in [0.2, 0.25) is 0 Å². The third-order valence-corrected chi connectivity index (χ3v) is 2.99. The molecule has 0 saturated carbocycles. The van der Waals surface area contributed by atoms with Crippen LogP contribution in [0.15, 0.2) is 28.7 Å². The number of aliphatic hydroxyl groups is 1. The summed E-state index contributed by atoms with van der Waals surface area (Å²) < 4.78 is 1.06. The van der Waals surface area contributed by atoms with E-state index in [9.17, 15) is 5.11 Å². The van der Waals surface area contributed by atoms with Gasteiger partial charge in [0.05, 0.1) is 6.61 Å². The van der Waals surface area contributed by atoms with E-state index in [4.69, 9.17) is 0 Å². The van der Waals surface area contributed by atoms with Crippen molar-refractivity contribution >= 4 is 15.9 Å². The van der Waals surface area contributed by atoms with Gasteiger partial charge in [-0.15, -0.1) is 0 Å². The highest BCUT2D eigenvalue weighted by atomic mass is 79.9. The van der Waals surface area contributed by atoms with Crippen molar-refractivity contribution in [3.63, 3.8) is 0 Å². The summed E-state index contributed by atoms with van der Waals surface area (Å²) in [5, 5.41) is 12.5. The zero-order chi connectivity index (χ0) is 10.6. The fraction of sp³-hybridized carbons (Fsp3) is 0.455. The lowest BCUT2D eigenvalue weighted by molar-refractivity contribution is 0.204. The first kappa shape index (κ1) is 11.7. The van der Waals surface area contributed by atoms with Crippen molar-refractivity contribution in [1.82, 2.24) is 5.32 Å². The summed E-state index contributed by atoms with van der Waals surface area (Å²) in [5.41, 5.74) is 0.952. The average Bonchev–Trinajstić information content (AvgIpc) is 2.19. The van der Waals surface area contributed by atoms with Gasteiger partial charge in [0.2, 0.25) is 0 Å². The molecule has 1 aromatic rings. The van der Waals surface area contributed by atoms with Crippen molar-refractivity contribution in [3.8, 4) is 0 Å². The maximum Gasteiger partial charge on any atom is 0.0537 e. The third kappa shape index (κ3) is 2.56. The molecule has 0 amide bonds. The molecule has 1 unspecified atom stereocenters. The van der Waals surface area contributed by atoms with Gasteiger partial charge in [0.25, 0.3) is 0 Å². The van der Waals surface area contributed by atoms with E-state index in [1.165, 1.54) is 0 Å². The van der Waals surface area contributed by atoms with Crippen molar-refractivity contribution in [2.45, 2.75) is 12.3 Å². The van der Waals surface area contributed by atoms with Gasteiger partial charge < -0.3 is 10.4 Å². The molecule has 0 aliphatic rings. The van der Waals surface area contributed by atoms with E-state index < -0.39 is 0 Å². The monoisotopic (exact) mass is 257 g/mol. The Morgan fingerprint density at radius 1 is 1.36 bits per heavy atom. The zero-order valence-corrected chi connectivity index (χ0v) is 10.1. The summed E-state index contributed by atoms with van der Waals surface area (Å²) in [6.45, 7) is 2.97. The molecule has 0 radical (unpaired) electrons. The molecule has 0 aliphatic carbocycles. The van der Waals surface area contributed by atoms with E-state index >= 15 is 0 Å². The lowest BCUT2D eigenvalue weighted by Gasteiger charge is -2.27. The van der Waals surface area contributed by atoms with E-state index in [1.54, 1.807) is 0 Å². The Balaban J connectivity index is 2.94. The molecule has 2 nitrogen and oxygen atoms in total. The molecule has 0 aromatic heterocycles. The number of rotatable bonds is 4. The predicted molar refractivity (Wildman–Crippen MR) is 62.5 cm³/mol. The molecule has 1 atom stereocenters. The van der Waals surface area contributed by atoms with E-state index in [0.717, 1.165) is 16.6 Å². The van der Waals surface area contributed by atoms with Crippen molar-refractivity contribution in [1.29, 1.82) is 0 Å². The van der Waals surface area contributed by atoms with Crippen LogP contribution in [0.3, 0.4) is 0 Å². The maximum absolute atomic E-state index is 9.39. The van der Waals surface area contributed by atoms with Gasteiger partial charge >= 0.3 is 0 Å². The number of hydrogen-bond donors (Lipinski definition) is 2. The third-order valence-electron chi connectivity index (χ3n) is 2.46. The van der Waals surface area contributed by atoms with Gasteiger partial charge in [-0.3, -0.25) is 0 Å². The highest BCUT2D eigenvalue weighted by Crippen LogP contribution is 2.24. The van der Waals surface area contributed by atoms with E-state index in [-0.39, 0.29) is 12.0 Å². The Morgan fingerprint density at radius 3 is 2.36 bits per heavy atom. The molecule has 0 saturated heterocycles. The minimum Gasteiger partial charge on any atom is -0.395 e. The number of likely N-dealkylation sites (N-methyl/N-ethyl adjacent to an activating group) is 1. The Labute approximate surface area is 93.5 Å². The molecule has 0 heterocycles. The van der Waals surface area contributed by atoms with E-state index in [1.807, 2.05) is 38.2 Å². The van der Waals surface area contributed by atoms with Crippen molar-refractivity contribution in [3.05, 3.63) is 34.3 Å². The first-order chi connectivity index (χ1) is 6.62. The molecule has 0 spiro atoms. The summed E-state index contributed by atoms with van der Waals surface area (Å²) in [5.74, 6) is 0. The molecule has 3 heteroatoms. The number of aliphatic hydroxyl groups excluding tert-OH is 1. The van der Waals surface area contributed by atoms with Crippen molar-refractivity contribution in [2.24, 2.45) is 0 Å². The topological polar surface area (TPSA) is 32.3 Å². The first-order valence-electron chi connectivity index (χ1n) is 4.64. The molecule has 0 bridgehead atoms. The zero-order valence-electron chi connectivity index (χ0n) is 8.55. The molecular weight excluding hydrogens is 242 g/mol. The van der Waals surface area contributed by atoms with Gasteiger partial charge in [0.1, 0.15) is 0 Å². The Hall–Kier alpha value is -0.380. The van der Waals surface area contributed by atoms with Gasteiger partial charge in [-0.2, -0.15) is 0 Å². The summed E-state index contributed by atoms with van der Waals surface area (Å²) in [4.78, 5) is 0. The molecule has 2 N–H and O–H groups in total. The minimum absolute atomic E-state index is 0.148. The number of halogens is 1. The summed E-state index contributed by atoms with van der Waals surface area (Å²) in [7, 11) is 1.90. The average molecular weight is 258 g/mol. The molecule has 0 aliphatic heterocycles. The normalized spacial score (nSPS) is 15.1. The second kappa shape index (κ2) is 4.91. The lowest BCUT2D eigenvalue weighted by atomic mass is 9.83. The predicted octanol–water partition coefficient (Wildman–Crippen LogP) is 1.92. The summed E-state index contributed by atoms with van der Waals surface area (Å²) in [6.07, 6.45) is 0. The van der Waals surface area contributed by atoms with Crippen molar-refractivity contribution in [2.75, 3.05) is 20.2 Å². The fourth-order valence-corrected chi connectivity index (χ4v) is 1.76. The highest BCUT2D eigenvalue weighted by Gasteiger charge is 2.24. The quantitative estimate of drug-likeness (QED) is 0.864. The fourth-order valence-electron chi connectivity index (χ4n) is 1.49. The van der Waals surface area contributed by atoms with Gasteiger partial charge in [0, 0.05) is 16.4 Å². The highest BCUT2D eigenvalue weighted by molar-refractivity contribution is 9.10.